The molecule has 0 aliphatic rings. The fourth-order valence-corrected chi connectivity index (χ4v) is 3.08. The van der Waals surface area contributed by atoms with E-state index >= 15 is 0 Å². The van der Waals surface area contributed by atoms with Crippen LogP contribution in [-0.2, 0) is 20.9 Å². The van der Waals surface area contributed by atoms with Gasteiger partial charge in [0.15, 0.2) is 6.61 Å². The van der Waals surface area contributed by atoms with E-state index in [1.165, 1.54) is 6.08 Å². The Balaban J connectivity index is 1.66. The van der Waals surface area contributed by atoms with Gasteiger partial charge in [-0.2, -0.15) is 5.26 Å². The van der Waals surface area contributed by atoms with Crippen LogP contribution in [0.15, 0.2) is 53.2 Å². The van der Waals surface area contributed by atoms with E-state index in [-0.39, 0.29) is 0 Å². The highest BCUT2D eigenvalue weighted by molar-refractivity contribution is 5.95. The summed E-state index contributed by atoms with van der Waals surface area (Å²) >= 11 is 0. The number of ether oxygens (including phenoxy) is 1. The number of nitrogens with one attached hydrogen (secondary N) is 1. The van der Waals surface area contributed by atoms with Crippen LogP contribution in [0.3, 0.4) is 0 Å². The average Bonchev–Trinajstić information content (AvgIpc) is 3.35. The molecule has 0 saturated heterocycles. The third kappa shape index (κ3) is 5.31. The zero-order valence-corrected chi connectivity index (χ0v) is 17.6. The van der Waals surface area contributed by atoms with Crippen molar-refractivity contribution in [2.45, 2.75) is 27.3 Å². The van der Waals surface area contributed by atoms with E-state index in [1.54, 1.807) is 23.0 Å². The Bertz CT molecular complexity index is 1150. The number of aromatic nitrogens is 1. The predicted octanol–water partition coefficient (Wildman–Crippen LogP) is 4.12. The first-order valence-electron chi connectivity index (χ1n) is 9.72. The number of hydrogen-bond acceptors (Lipinski definition) is 5. The fraction of sp³-hybridized carbons (Fsp3) is 0.208. The fourth-order valence-electron chi connectivity index (χ4n) is 3.08. The molecule has 0 radical (unpaired) electrons. The first-order valence-corrected chi connectivity index (χ1v) is 9.72. The molecule has 7 nitrogen and oxygen atoms in total. The van der Waals surface area contributed by atoms with Gasteiger partial charge in [0.1, 0.15) is 17.6 Å². The molecule has 0 fully saturated rings. The molecule has 2 heterocycles. The molecule has 0 spiro atoms. The van der Waals surface area contributed by atoms with Crippen LogP contribution in [0.4, 0.5) is 5.82 Å². The zero-order valence-electron chi connectivity index (χ0n) is 17.6. The largest absolute Gasteiger partial charge is 0.467 e. The summed E-state index contributed by atoms with van der Waals surface area (Å²) in [5.41, 5.74) is 3.94. The minimum Gasteiger partial charge on any atom is -0.467 e. The van der Waals surface area contributed by atoms with E-state index in [4.69, 9.17) is 9.15 Å². The molecule has 0 aliphatic heterocycles. The average molecular weight is 417 g/mol. The van der Waals surface area contributed by atoms with Gasteiger partial charge in [-0.05, 0) is 50.1 Å². The maximum Gasteiger partial charge on any atom is 0.331 e. The number of carbonyl (C=O) groups excluding carboxylic acids is 2. The van der Waals surface area contributed by atoms with Crippen LogP contribution in [-0.4, -0.2) is 23.1 Å². The Morgan fingerprint density at radius 2 is 1.94 bits per heavy atom. The number of rotatable bonds is 7. The molecule has 2 aromatic heterocycles. The monoisotopic (exact) mass is 417 g/mol. The van der Waals surface area contributed by atoms with Crippen LogP contribution in [0, 0.1) is 32.1 Å². The van der Waals surface area contributed by atoms with Crippen LogP contribution in [0.25, 0.3) is 6.08 Å². The summed E-state index contributed by atoms with van der Waals surface area (Å²) in [7, 11) is 0. The Labute approximate surface area is 180 Å². The Morgan fingerprint density at radius 1 is 1.19 bits per heavy atom. The van der Waals surface area contributed by atoms with Gasteiger partial charge in [-0.3, -0.25) is 4.79 Å². The lowest BCUT2D eigenvalue weighted by Crippen LogP contribution is -2.22. The number of amides is 1. The molecule has 7 heteroatoms. The van der Waals surface area contributed by atoms with Crippen LogP contribution < -0.4 is 5.32 Å². The number of furan rings is 1. The molecule has 0 unspecified atom stereocenters. The van der Waals surface area contributed by atoms with Crippen molar-refractivity contribution >= 4 is 23.8 Å². The number of nitrogens with zero attached hydrogens (tertiary/aromatic N) is 2. The highest BCUT2D eigenvalue weighted by atomic mass is 16.5. The molecule has 1 N–H and O–H groups in total. The zero-order chi connectivity index (χ0) is 22.4. The molecule has 0 atom stereocenters. The predicted molar refractivity (Wildman–Crippen MR) is 116 cm³/mol. The van der Waals surface area contributed by atoms with Gasteiger partial charge in [-0.25, -0.2) is 4.79 Å². The number of nitriles is 1. The third-order valence-electron chi connectivity index (χ3n) is 4.93. The molecule has 3 rings (SSSR count). The third-order valence-corrected chi connectivity index (χ3v) is 4.93. The first kappa shape index (κ1) is 21.7. The second kappa shape index (κ2) is 9.63. The lowest BCUT2D eigenvalue weighted by atomic mass is 10.1. The Hall–Kier alpha value is -4.05. The molecule has 158 valence electrons. The summed E-state index contributed by atoms with van der Waals surface area (Å²) in [6.07, 6.45) is 4.45. The highest BCUT2D eigenvalue weighted by Gasteiger charge is 2.20. The molecule has 0 bridgehead atoms. The van der Waals surface area contributed by atoms with E-state index < -0.39 is 18.5 Å². The van der Waals surface area contributed by atoms with Gasteiger partial charge in [-0.1, -0.05) is 29.8 Å². The lowest BCUT2D eigenvalue weighted by molar-refractivity contribution is -0.142. The number of esters is 1. The Kier molecular flexibility index (Phi) is 6.73. The Morgan fingerprint density at radius 3 is 2.58 bits per heavy atom. The van der Waals surface area contributed by atoms with E-state index in [0.717, 1.165) is 22.4 Å². The highest BCUT2D eigenvalue weighted by Crippen LogP contribution is 2.27. The molecular weight excluding hydrogens is 394 g/mol. The van der Waals surface area contributed by atoms with E-state index in [9.17, 15) is 14.9 Å². The van der Waals surface area contributed by atoms with Crippen molar-refractivity contribution in [1.82, 2.24) is 4.57 Å². The standard InChI is InChI=1S/C24H23N3O4/c1-16-6-8-19(9-7-16)10-11-23(29)31-15-22(28)26-24-21(13-25)17(2)18(3)27(24)14-20-5-4-12-30-20/h4-12H,14-15H2,1-3H3,(H,26,28)/b11-10+. The van der Waals surface area contributed by atoms with Gasteiger partial charge < -0.3 is 19.0 Å². The normalized spacial score (nSPS) is 10.8. The molecule has 3 aromatic rings. The van der Waals surface area contributed by atoms with Crippen LogP contribution in [0.5, 0.6) is 0 Å². The quantitative estimate of drug-likeness (QED) is 0.461. The van der Waals surface area contributed by atoms with Crippen molar-refractivity contribution in [3.05, 3.63) is 82.4 Å². The minimum absolute atomic E-state index is 0.352. The second-order valence-electron chi connectivity index (χ2n) is 7.11. The van der Waals surface area contributed by atoms with Gasteiger partial charge in [0.2, 0.25) is 0 Å². The summed E-state index contributed by atoms with van der Waals surface area (Å²) in [5, 5.41) is 12.3. The lowest BCUT2D eigenvalue weighted by Gasteiger charge is -2.12. The maximum atomic E-state index is 12.4. The maximum absolute atomic E-state index is 12.4. The van der Waals surface area contributed by atoms with Crippen molar-refractivity contribution in [3.63, 3.8) is 0 Å². The van der Waals surface area contributed by atoms with Crippen LogP contribution >= 0.6 is 0 Å². The summed E-state index contributed by atoms with van der Waals surface area (Å²) in [5.74, 6) is -0.128. The second-order valence-corrected chi connectivity index (χ2v) is 7.11. The minimum atomic E-state index is -0.630. The van der Waals surface area contributed by atoms with Crippen molar-refractivity contribution in [1.29, 1.82) is 5.26 Å². The molecule has 31 heavy (non-hydrogen) atoms. The molecule has 1 amide bonds. The smallest absolute Gasteiger partial charge is 0.331 e. The molecular formula is C24H23N3O4. The number of aryl methyl sites for hydroxylation is 1. The van der Waals surface area contributed by atoms with Crippen molar-refractivity contribution in [2.75, 3.05) is 11.9 Å². The summed E-state index contributed by atoms with van der Waals surface area (Å²) in [4.78, 5) is 24.4. The van der Waals surface area contributed by atoms with E-state index in [0.29, 0.717) is 23.7 Å². The summed E-state index contributed by atoms with van der Waals surface area (Å²) in [6.45, 7) is 5.55. The number of hydrogen-bond donors (Lipinski definition) is 1. The molecule has 0 aliphatic carbocycles. The van der Waals surface area contributed by atoms with Gasteiger partial charge in [0.05, 0.1) is 18.4 Å². The van der Waals surface area contributed by atoms with Crippen molar-refractivity contribution < 1.29 is 18.7 Å². The number of benzene rings is 1. The van der Waals surface area contributed by atoms with Gasteiger partial charge >= 0.3 is 5.97 Å². The first-order chi connectivity index (χ1) is 14.9. The van der Waals surface area contributed by atoms with Gasteiger partial charge in [0, 0.05) is 11.8 Å². The van der Waals surface area contributed by atoms with Gasteiger partial charge in [-0.15, -0.1) is 0 Å². The summed E-state index contributed by atoms with van der Waals surface area (Å²) < 4.78 is 12.2. The topological polar surface area (TPSA) is 97.3 Å². The summed E-state index contributed by atoms with van der Waals surface area (Å²) in [6, 6.07) is 13.4. The van der Waals surface area contributed by atoms with Gasteiger partial charge in [0.25, 0.3) is 5.91 Å². The van der Waals surface area contributed by atoms with E-state index in [2.05, 4.69) is 11.4 Å². The van der Waals surface area contributed by atoms with E-state index in [1.807, 2.05) is 51.1 Å². The van der Waals surface area contributed by atoms with Crippen LogP contribution in [0.2, 0.25) is 0 Å². The molecule has 1 aromatic carbocycles. The SMILES string of the molecule is Cc1ccc(/C=C/C(=O)OCC(=O)Nc2c(C#N)c(C)c(C)n2Cc2ccco2)cc1. The van der Waals surface area contributed by atoms with Crippen LogP contribution in [0.1, 0.15) is 33.7 Å². The van der Waals surface area contributed by atoms with Crippen molar-refractivity contribution in [2.24, 2.45) is 0 Å². The number of anilines is 1. The molecule has 0 saturated carbocycles. The van der Waals surface area contributed by atoms with Crippen molar-refractivity contribution in [3.8, 4) is 6.07 Å². The number of carbonyl (C=O) groups is 2.